The summed E-state index contributed by atoms with van der Waals surface area (Å²) in [6, 6.07) is 39.0. The Morgan fingerprint density at radius 2 is 0.969 bits per heavy atom. The maximum Gasteiger partial charge on any atom is 0.323 e. The SMILES string of the molecule is Cc1ccc(-c2cc(-c3ccccc3)nc(Oc3ccc(-c4ccccc4)cc3)n2)cc1. The molecule has 0 saturated carbocycles. The summed E-state index contributed by atoms with van der Waals surface area (Å²) < 4.78 is 6.10. The molecule has 0 amide bonds. The number of hydrogen-bond donors (Lipinski definition) is 0. The van der Waals surface area contributed by atoms with Crippen molar-refractivity contribution in [1.82, 2.24) is 9.97 Å². The first-order chi connectivity index (χ1) is 15.7. The lowest BCUT2D eigenvalue weighted by Gasteiger charge is -2.10. The van der Waals surface area contributed by atoms with Gasteiger partial charge in [0, 0.05) is 11.1 Å². The quantitative estimate of drug-likeness (QED) is 0.297. The first-order valence-corrected chi connectivity index (χ1v) is 10.6. The van der Waals surface area contributed by atoms with Crippen LogP contribution in [-0.2, 0) is 0 Å². The highest BCUT2D eigenvalue weighted by atomic mass is 16.5. The molecule has 0 radical (unpaired) electrons. The molecule has 5 aromatic rings. The van der Waals surface area contributed by atoms with Crippen LogP contribution in [0.5, 0.6) is 11.8 Å². The van der Waals surface area contributed by atoms with Gasteiger partial charge < -0.3 is 4.74 Å². The average molecular weight is 415 g/mol. The summed E-state index contributed by atoms with van der Waals surface area (Å²) in [5.74, 6) is 0.699. The second-order valence-corrected chi connectivity index (χ2v) is 7.65. The van der Waals surface area contributed by atoms with Gasteiger partial charge in [0.1, 0.15) is 5.75 Å². The van der Waals surface area contributed by atoms with Crippen LogP contribution in [0.25, 0.3) is 33.6 Å². The molecule has 154 valence electrons. The number of nitrogens with zero attached hydrogens (tertiary/aromatic N) is 2. The number of ether oxygens (including phenoxy) is 1. The normalized spacial score (nSPS) is 10.7. The molecule has 0 aliphatic rings. The van der Waals surface area contributed by atoms with Gasteiger partial charge in [-0.25, -0.2) is 0 Å². The fourth-order valence-corrected chi connectivity index (χ4v) is 3.55. The van der Waals surface area contributed by atoms with Gasteiger partial charge in [-0.15, -0.1) is 0 Å². The molecule has 0 fully saturated rings. The molecule has 0 atom stereocenters. The van der Waals surface area contributed by atoms with Crippen LogP contribution in [0.3, 0.4) is 0 Å². The Morgan fingerprint density at radius 3 is 1.56 bits per heavy atom. The van der Waals surface area contributed by atoms with E-state index in [0.29, 0.717) is 11.8 Å². The Balaban J connectivity index is 1.50. The molecule has 3 heteroatoms. The molecule has 32 heavy (non-hydrogen) atoms. The molecule has 0 bridgehead atoms. The third kappa shape index (κ3) is 4.42. The van der Waals surface area contributed by atoms with Crippen molar-refractivity contribution < 1.29 is 4.74 Å². The van der Waals surface area contributed by atoms with Crippen molar-refractivity contribution in [2.75, 3.05) is 0 Å². The van der Waals surface area contributed by atoms with E-state index in [9.17, 15) is 0 Å². The van der Waals surface area contributed by atoms with E-state index < -0.39 is 0 Å². The van der Waals surface area contributed by atoms with Crippen LogP contribution in [0.1, 0.15) is 5.56 Å². The highest BCUT2D eigenvalue weighted by Gasteiger charge is 2.11. The number of aromatic nitrogens is 2. The van der Waals surface area contributed by atoms with E-state index in [-0.39, 0.29) is 0 Å². The van der Waals surface area contributed by atoms with E-state index in [1.54, 1.807) is 0 Å². The molecule has 0 spiro atoms. The topological polar surface area (TPSA) is 35.0 Å². The molecule has 1 aromatic heterocycles. The van der Waals surface area contributed by atoms with Crippen LogP contribution in [-0.4, -0.2) is 9.97 Å². The zero-order chi connectivity index (χ0) is 21.8. The molecule has 4 aromatic carbocycles. The van der Waals surface area contributed by atoms with E-state index in [2.05, 4.69) is 48.3 Å². The Kier molecular flexibility index (Phi) is 5.46. The molecule has 0 saturated heterocycles. The van der Waals surface area contributed by atoms with Gasteiger partial charge in [0.2, 0.25) is 0 Å². The second-order valence-electron chi connectivity index (χ2n) is 7.65. The minimum Gasteiger partial charge on any atom is -0.424 e. The summed E-state index contributed by atoms with van der Waals surface area (Å²) in [6.45, 7) is 2.08. The van der Waals surface area contributed by atoms with Gasteiger partial charge in [-0.1, -0.05) is 103 Å². The monoisotopic (exact) mass is 414 g/mol. The summed E-state index contributed by atoms with van der Waals surface area (Å²) in [5, 5.41) is 0. The maximum absolute atomic E-state index is 6.10. The summed E-state index contributed by atoms with van der Waals surface area (Å²) in [6.07, 6.45) is 0. The Morgan fingerprint density at radius 1 is 0.500 bits per heavy atom. The Bertz CT molecular complexity index is 1310. The third-order valence-electron chi connectivity index (χ3n) is 5.29. The van der Waals surface area contributed by atoms with Crippen LogP contribution in [0.4, 0.5) is 0 Å². The van der Waals surface area contributed by atoms with E-state index in [1.165, 1.54) is 11.1 Å². The van der Waals surface area contributed by atoms with Crippen LogP contribution >= 0.6 is 0 Å². The molecular formula is C29H22N2O. The number of rotatable bonds is 5. The zero-order valence-electron chi connectivity index (χ0n) is 17.8. The summed E-state index contributed by atoms with van der Waals surface area (Å²) in [5.41, 5.74) is 7.22. The van der Waals surface area contributed by atoms with E-state index >= 15 is 0 Å². The van der Waals surface area contributed by atoms with Crippen molar-refractivity contribution in [3.05, 3.63) is 121 Å². The molecule has 0 aliphatic carbocycles. The van der Waals surface area contributed by atoms with Crippen molar-refractivity contribution in [2.24, 2.45) is 0 Å². The molecular weight excluding hydrogens is 392 g/mol. The predicted octanol–water partition coefficient (Wildman–Crippen LogP) is 7.58. The van der Waals surface area contributed by atoms with Gasteiger partial charge in [0.15, 0.2) is 0 Å². The molecule has 3 nitrogen and oxygen atoms in total. The third-order valence-corrected chi connectivity index (χ3v) is 5.29. The zero-order valence-corrected chi connectivity index (χ0v) is 17.8. The number of benzene rings is 4. The summed E-state index contributed by atoms with van der Waals surface area (Å²) in [4.78, 5) is 9.39. The van der Waals surface area contributed by atoms with Crippen molar-refractivity contribution >= 4 is 0 Å². The van der Waals surface area contributed by atoms with Crippen molar-refractivity contribution in [3.8, 4) is 45.4 Å². The maximum atomic E-state index is 6.10. The highest BCUT2D eigenvalue weighted by molar-refractivity contribution is 5.68. The van der Waals surface area contributed by atoms with Crippen LogP contribution in [0.15, 0.2) is 115 Å². The standard InChI is InChI=1S/C29H22N2O/c1-21-12-14-25(15-13-21)28-20-27(24-10-6-3-7-11-24)30-29(31-28)32-26-18-16-23(17-19-26)22-8-4-2-5-9-22/h2-20H,1H3. The molecule has 0 aliphatic heterocycles. The molecule has 0 N–H and O–H groups in total. The highest BCUT2D eigenvalue weighted by Crippen LogP contribution is 2.29. The lowest BCUT2D eigenvalue weighted by Crippen LogP contribution is -1.97. The molecule has 1 heterocycles. The Labute approximate surface area is 188 Å². The van der Waals surface area contributed by atoms with Gasteiger partial charge in [0.05, 0.1) is 11.4 Å². The minimum atomic E-state index is 0.328. The van der Waals surface area contributed by atoms with Crippen molar-refractivity contribution in [2.45, 2.75) is 6.92 Å². The Hall–Kier alpha value is -4.24. The van der Waals surface area contributed by atoms with Gasteiger partial charge in [-0.05, 0) is 36.2 Å². The van der Waals surface area contributed by atoms with E-state index in [0.717, 1.165) is 28.1 Å². The molecule has 0 unspecified atom stereocenters. The van der Waals surface area contributed by atoms with Crippen molar-refractivity contribution in [3.63, 3.8) is 0 Å². The lowest BCUT2D eigenvalue weighted by atomic mass is 10.1. The summed E-state index contributed by atoms with van der Waals surface area (Å²) in [7, 11) is 0. The van der Waals surface area contributed by atoms with Gasteiger partial charge in [-0.3, -0.25) is 0 Å². The molecule has 5 rings (SSSR count). The minimum absolute atomic E-state index is 0.328. The number of hydrogen-bond acceptors (Lipinski definition) is 3. The van der Waals surface area contributed by atoms with Crippen LogP contribution in [0, 0.1) is 6.92 Å². The second kappa shape index (κ2) is 8.86. The largest absolute Gasteiger partial charge is 0.424 e. The first-order valence-electron chi connectivity index (χ1n) is 10.6. The van der Waals surface area contributed by atoms with Crippen molar-refractivity contribution in [1.29, 1.82) is 0 Å². The van der Waals surface area contributed by atoms with Crippen LogP contribution < -0.4 is 4.74 Å². The predicted molar refractivity (Wildman–Crippen MR) is 130 cm³/mol. The fourth-order valence-electron chi connectivity index (χ4n) is 3.55. The number of aryl methyl sites for hydroxylation is 1. The lowest BCUT2D eigenvalue weighted by molar-refractivity contribution is 0.443. The van der Waals surface area contributed by atoms with Gasteiger partial charge in [-0.2, -0.15) is 9.97 Å². The van der Waals surface area contributed by atoms with E-state index in [1.807, 2.05) is 78.9 Å². The fraction of sp³-hybridized carbons (Fsp3) is 0.0345. The first kappa shape index (κ1) is 19.7. The average Bonchev–Trinajstić information content (AvgIpc) is 2.86. The van der Waals surface area contributed by atoms with Gasteiger partial charge in [0.25, 0.3) is 0 Å². The smallest absolute Gasteiger partial charge is 0.323 e. The van der Waals surface area contributed by atoms with Crippen LogP contribution in [0.2, 0.25) is 0 Å². The van der Waals surface area contributed by atoms with E-state index in [4.69, 9.17) is 9.72 Å². The van der Waals surface area contributed by atoms with Gasteiger partial charge >= 0.3 is 6.01 Å². The summed E-state index contributed by atoms with van der Waals surface area (Å²) >= 11 is 0.